The van der Waals surface area contributed by atoms with E-state index < -0.39 is 0 Å². The van der Waals surface area contributed by atoms with Gasteiger partial charge in [0.2, 0.25) is 0 Å². The molecule has 0 radical (unpaired) electrons. The molecule has 2 aromatic rings. The van der Waals surface area contributed by atoms with Crippen LogP contribution >= 0.6 is 11.3 Å². The van der Waals surface area contributed by atoms with Crippen molar-refractivity contribution < 1.29 is 14.3 Å². The first kappa shape index (κ1) is 11.7. The molecule has 0 aliphatic rings. The van der Waals surface area contributed by atoms with Crippen LogP contribution in [0.2, 0.25) is 0 Å². The van der Waals surface area contributed by atoms with Gasteiger partial charge in [-0.1, -0.05) is 30.3 Å². The van der Waals surface area contributed by atoms with Crippen LogP contribution in [0.4, 0.5) is 0 Å². The van der Waals surface area contributed by atoms with Gasteiger partial charge in [0.25, 0.3) is 0 Å². The predicted molar refractivity (Wildman–Crippen MR) is 67.6 cm³/mol. The van der Waals surface area contributed by atoms with Crippen molar-refractivity contribution >= 4 is 17.3 Å². The molecule has 1 heterocycles. The highest BCUT2D eigenvalue weighted by Crippen LogP contribution is 2.36. The minimum atomic E-state index is -0.367. The lowest BCUT2D eigenvalue weighted by Gasteiger charge is -1.98. The highest BCUT2D eigenvalue weighted by atomic mass is 32.1. The van der Waals surface area contributed by atoms with Crippen molar-refractivity contribution in [3.63, 3.8) is 0 Å². The summed E-state index contributed by atoms with van der Waals surface area (Å²) in [5, 5.41) is 0. The summed E-state index contributed by atoms with van der Waals surface area (Å²) in [4.78, 5) is 13.0. The summed E-state index contributed by atoms with van der Waals surface area (Å²) in [5.41, 5.74) is 1.06. The van der Waals surface area contributed by atoms with Crippen molar-refractivity contribution in [1.82, 2.24) is 0 Å². The van der Waals surface area contributed by atoms with E-state index in [9.17, 15) is 4.79 Å². The molecule has 0 saturated heterocycles. The first-order valence-corrected chi connectivity index (χ1v) is 5.89. The number of ether oxygens (including phenoxy) is 2. The minimum Gasteiger partial charge on any atom is -0.495 e. The van der Waals surface area contributed by atoms with Crippen molar-refractivity contribution in [2.24, 2.45) is 0 Å². The molecule has 0 unspecified atom stereocenters. The third kappa shape index (κ3) is 2.31. The molecule has 17 heavy (non-hydrogen) atoms. The number of hydrogen-bond donors (Lipinski definition) is 0. The Morgan fingerprint density at radius 2 is 1.88 bits per heavy atom. The highest BCUT2D eigenvalue weighted by molar-refractivity contribution is 7.17. The average Bonchev–Trinajstić information content (AvgIpc) is 2.83. The minimum absolute atomic E-state index is 0.367. The summed E-state index contributed by atoms with van der Waals surface area (Å²) in [5.74, 6) is 0.190. The van der Waals surface area contributed by atoms with Crippen LogP contribution in [0.15, 0.2) is 36.4 Å². The molecule has 1 aromatic heterocycles. The lowest BCUT2D eigenvalue weighted by atomic mass is 10.2. The van der Waals surface area contributed by atoms with Crippen molar-refractivity contribution in [3.05, 3.63) is 41.3 Å². The molecule has 3 nitrogen and oxygen atoms in total. The van der Waals surface area contributed by atoms with E-state index in [-0.39, 0.29) is 5.97 Å². The van der Waals surface area contributed by atoms with E-state index in [0.717, 1.165) is 10.4 Å². The molecule has 0 spiro atoms. The Morgan fingerprint density at radius 3 is 2.47 bits per heavy atom. The van der Waals surface area contributed by atoms with E-state index in [2.05, 4.69) is 0 Å². The Balaban J connectivity index is 2.45. The topological polar surface area (TPSA) is 35.5 Å². The van der Waals surface area contributed by atoms with Crippen LogP contribution in [0, 0.1) is 0 Å². The van der Waals surface area contributed by atoms with Gasteiger partial charge < -0.3 is 9.47 Å². The lowest BCUT2D eigenvalue weighted by molar-refractivity contribution is 0.0603. The Kier molecular flexibility index (Phi) is 3.44. The molecular formula is C13H12O3S. The second kappa shape index (κ2) is 5.01. The van der Waals surface area contributed by atoms with Crippen molar-refractivity contribution in [2.45, 2.75) is 0 Å². The molecule has 0 fully saturated rings. The molecule has 1 aromatic carbocycles. The zero-order valence-corrected chi connectivity index (χ0v) is 10.4. The smallest absolute Gasteiger partial charge is 0.351 e. The van der Waals surface area contributed by atoms with Crippen molar-refractivity contribution in [1.29, 1.82) is 0 Å². The number of benzene rings is 1. The van der Waals surface area contributed by atoms with Crippen molar-refractivity contribution in [2.75, 3.05) is 14.2 Å². The summed E-state index contributed by atoms with van der Waals surface area (Å²) >= 11 is 1.37. The molecule has 0 aliphatic heterocycles. The molecule has 0 aliphatic carbocycles. The van der Waals surface area contributed by atoms with Gasteiger partial charge in [-0.15, -0.1) is 11.3 Å². The first-order valence-electron chi connectivity index (χ1n) is 5.08. The lowest BCUT2D eigenvalue weighted by Crippen LogP contribution is -1.99. The molecule has 4 heteroatoms. The Hall–Kier alpha value is -1.81. The third-order valence-electron chi connectivity index (χ3n) is 2.35. The maximum Gasteiger partial charge on any atom is 0.351 e. The summed E-state index contributed by atoms with van der Waals surface area (Å²) in [7, 11) is 2.91. The van der Waals surface area contributed by atoms with Crippen LogP contribution in [0.3, 0.4) is 0 Å². The molecular weight excluding hydrogens is 236 g/mol. The molecule has 0 saturated carbocycles. The van der Waals surface area contributed by atoms with Crippen LogP contribution in [-0.4, -0.2) is 20.2 Å². The summed E-state index contributed by atoms with van der Waals surface area (Å²) in [6, 6.07) is 11.7. The van der Waals surface area contributed by atoms with Gasteiger partial charge in [0.15, 0.2) is 4.88 Å². The Bertz CT molecular complexity index is 517. The number of carbonyl (C=O) groups excluding carboxylic acids is 1. The molecule has 0 bridgehead atoms. The quantitative estimate of drug-likeness (QED) is 0.782. The number of esters is 1. The van der Waals surface area contributed by atoms with Crippen LogP contribution in [0.5, 0.6) is 5.75 Å². The number of rotatable bonds is 3. The number of methoxy groups -OCH3 is 2. The Morgan fingerprint density at radius 1 is 1.18 bits per heavy atom. The number of hydrogen-bond acceptors (Lipinski definition) is 4. The van der Waals surface area contributed by atoms with Crippen molar-refractivity contribution in [3.8, 4) is 16.2 Å². The number of carbonyl (C=O) groups is 1. The fourth-order valence-electron chi connectivity index (χ4n) is 1.51. The maximum atomic E-state index is 11.5. The van der Waals surface area contributed by atoms with Gasteiger partial charge >= 0.3 is 5.97 Å². The van der Waals surface area contributed by atoms with Gasteiger partial charge in [-0.3, -0.25) is 0 Å². The molecule has 0 N–H and O–H groups in total. The van der Waals surface area contributed by atoms with E-state index in [1.165, 1.54) is 18.4 Å². The second-order valence-electron chi connectivity index (χ2n) is 3.37. The van der Waals surface area contributed by atoms with Gasteiger partial charge in [-0.25, -0.2) is 4.79 Å². The van der Waals surface area contributed by atoms with E-state index in [4.69, 9.17) is 9.47 Å². The summed E-state index contributed by atoms with van der Waals surface area (Å²) in [6.45, 7) is 0. The zero-order chi connectivity index (χ0) is 12.3. The summed E-state index contributed by atoms with van der Waals surface area (Å²) < 4.78 is 9.90. The Labute approximate surface area is 104 Å². The molecule has 2 rings (SSSR count). The van der Waals surface area contributed by atoms with E-state index in [1.54, 1.807) is 7.11 Å². The normalized spacial score (nSPS) is 10.0. The monoisotopic (exact) mass is 248 g/mol. The third-order valence-corrected chi connectivity index (χ3v) is 3.49. The molecule has 88 valence electrons. The van der Waals surface area contributed by atoms with Crippen LogP contribution in [0.25, 0.3) is 10.4 Å². The second-order valence-corrected chi connectivity index (χ2v) is 4.42. The molecule has 0 atom stereocenters. The van der Waals surface area contributed by atoms with Crippen LogP contribution < -0.4 is 4.74 Å². The largest absolute Gasteiger partial charge is 0.495 e. The van der Waals surface area contributed by atoms with Gasteiger partial charge in [-0.05, 0) is 11.6 Å². The standard InChI is InChI=1S/C13H12O3S/c1-15-10-8-11(9-6-4-3-5-7-9)17-12(10)13(14)16-2/h3-8H,1-2H3. The average molecular weight is 248 g/mol. The zero-order valence-electron chi connectivity index (χ0n) is 9.60. The van der Waals surface area contributed by atoms with E-state index in [0.29, 0.717) is 10.6 Å². The number of thiophene rings is 1. The first-order chi connectivity index (χ1) is 8.26. The van der Waals surface area contributed by atoms with E-state index in [1.807, 2.05) is 36.4 Å². The molecule has 0 amide bonds. The fourth-order valence-corrected chi connectivity index (χ4v) is 2.55. The van der Waals surface area contributed by atoms with E-state index >= 15 is 0 Å². The fraction of sp³-hybridized carbons (Fsp3) is 0.154. The SMILES string of the molecule is COC(=O)c1sc(-c2ccccc2)cc1OC. The van der Waals surface area contributed by atoms with Gasteiger partial charge in [0.05, 0.1) is 14.2 Å². The van der Waals surface area contributed by atoms with Gasteiger partial charge in [0.1, 0.15) is 5.75 Å². The van der Waals surface area contributed by atoms with Gasteiger partial charge in [-0.2, -0.15) is 0 Å². The van der Waals surface area contributed by atoms with Crippen LogP contribution in [-0.2, 0) is 4.74 Å². The maximum absolute atomic E-state index is 11.5. The highest BCUT2D eigenvalue weighted by Gasteiger charge is 2.18. The predicted octanol–water partition coefficient (Wildman–Crippen LogP) is 3.21. The summed E-state index contributed by atoms with van der Waals surface area (Å²) in [6.07, 6.45) is 0. The van der Waals surface area contributed by atoms with Gasteiger partial charge in [0, 0.05) is 4.88 Å². The van der Waals surface area contributed by atoms with Crippen LogP contribution in [0.1, 0.15) is 9.67 Å².